The molecule has 0 saturated carbocycles. The summed E-state index contributed by atoms with van der Waals surface area (Å²) in [6.07, 6.45) is 1.95. The number of hydrogen-bond donors (Lipinski definition) is 1. The lowest BCUT2D eigenvalue weighted by Gasteiger charge is -2.11. The molecule has 3 nitrogen and oxygen atoms in total. The zero-order valence-electron chi connectivity index (χ0n) is 11.7. The normalized spacial score (nSPS) is 10.8. The minimum Gasteiger partial charge on any atom is -0.497 e. The van der Waals surface area contributed by atoms with Gasteiger partial charge < -0.3 is 10.1 Å². The molecule has 0 aliphatic carbocycles. The van der Waals surface area contributed by atoms with E-state index in [1.165, 1.54) is 15.0 Å². The zero-order chi connectivity index (χ0) is 14.1. The number of methoxy groups -OCH3 is 1. The van der Waals surface area contributed by atoms with Crippen LogP contribution in [-0.4, -0.2) is 12.1 Å². The van der Waals surface area contributed by atoms with Gasteiger partial charge in [-0.25, -0.2) is 0 Å². The van der Waals surface area contributed by atoms with E-state index in [-0.39, 0.29) is 0 Å². The smallest absolute Gasteiger partial charge is 0.119 e. The van der Waals surface area contributed by atoms with Gasteiger partial charge in [0.05, 0.1) is 23.2 Å². The van der Waals surface area contributed by atoms with Gasteiger partial charge in [-0.2, -0.15) is 0 Å². The molecule has 0 amide bonds. The van der Waals surface area contributed by atoms with Crippen LogP contribution in [0.4, 0.5) is 11.4 Å². The van der Waals surface area contributed by atoms with E-state index < -0.39 is 0 Å². The summed E-state index contributed by atoms with van der Waals surface area (Å²) in [6.45, 7) is 4.15. The molecule has 0 aliphatic rings. The van der Waals surface area contributed by atoms with Gasteiger partial charge in [0.1, 0.15) is 5.75 Å². The number of aryl methyl sites for hydroxylation is 2. The third kappa shape index (κ3) is 2.34. The third-order valence-corrected chi connectivity index (χ3v) is 4.24. The molecular weight excluding hydrogens is 268 g/mol. The average molecular weight is 284 g/mol. The fraction of sp³-hybridized carbons (Fsp3) is 0.188. The second-order valence-corrected chi connectivity index (χ2v) is 5.99. The number of fused-ring (bicyclic) bond motifs is 1. The standard InChI is InChI=1S/C16H16N2OS/c1-10-8-14-15(20-10)9-17-11(2)16(14)18-12-4-6-13(19-3)7-5-12/h4-9,18H,1-3H3. The molecule has 3 rings (SSSR count). The van der Waals surface area contributed by atoms with Crippen LogP contribution in [-0.2, 0) is 0 Å². The van der Waals surface area contributed by atoms with Crippen molar-refractivity contribution in [2.24, 2.45) is 0 Å². The number of nitrogens with one attached hydrogen (secondary N) is 1. The van der Waals surface area contributed by atoms with E-state index in [2.05, 4.69) is 23.3 Å². The highest BCUT2D eigenvalue weighted by Crippen LogP contribution is 2.34. The van der Waals surface area contributed by atoms with Gasteiger partial charge in [0, 0.05) is 22.1 Å². The fourth-order valence-electron chi connectivity index (χ4n) is 2.21. The highest BCUT2D eigenvalue weighted by atomic mass is 32.1. The number of pyridine rings is 1. The first kappa shape index (κ1) is 12.9. The Balaban J connectivity index is 2.02. The van der Waals surface area contributed by atoms with Gasteiger partial charge in [0.2, 0.25) is 0 Å². The Morgan fingerprint density at radius 1 is 1.15 bits per heavy atom. The molecule has 4 heteroatoms. The molecule has 1 N–H and O–H groups in total. The number of rotatable bonds is 3. The predicted octanol–water partition coefficient (Wildman–Crippen LogP) is 4.67. The number of ether oxygens (including phenoxy) is 1. The fourth-order valence-corrected chi connectivity index (χ4v) is 3.11. The summed E-state index contributed by atoms with van der Waals surface area (Å²) in [4.78, 5) is 5.77. The molecule has 0 spiro atoms. The molecule has 0 radical (unpaired) electrons. The number of nitrogens with zero attached hydrogens (tertiary/aromatic N) is 1. The van der Waals surface area contributed by atoms with Crippen molar-refractivity contribution in [3.05, 3.63) is 47.1 Å². The number of aromatic nitrogens is 1. The van der Waals surface area contributed by atoms with Crippen LogP contribution in [0, 0.1) is 13.8 Å². The van der Waals surface area contributed by atoms with Crippen LogP contribution in [0.15, 0.2) is 36.5 Å². The molecule has 20 heavy (non-hydrogen) atoms. The first-order valence-electron chi connectivity index (χ1n) is 6.44. The lowest BCUT2D eigenvalue weighted by Crippen LogP contribution is -1.95. The molecule has 0 fully saturated rings. The van der Waals surface area contributed by atoms with Crippen molar-refractivity contribution in [2.45, 2.75) is 13.8 Å². The van der Waals surface area contributed by atoms with Gasteiger partial charge in [-0.05, 0) is 44.2 Å². The SMILES string of the molecule is COc1ccc(Nc2c(C)ncc3sc(C)cc23)cc1. The first-order chi connectivity index (χ1) is 9.67. The maximum Gasteiger partial charge on any atom is 0.119 e. The van der Waals surface area contributed by atoms with Crippen LogP contribution in [0.25, 0.3) is 10.1 Å². The lowest BCUT2D eigenvalue weighted by atomic mass is 10.2. The van der Waals surface area contributed by atoms with Crippen molar-refractivity contribution in [1.82, 2.24) is 4.98 Å². The van der Waals surface area contributed by atoms with E-state index in [1.807, 2.05) is 37.4 Å². The highest BCUT2D eigenvalue weighted by Gasteiger charge is 2.09. The molecule has 1 aromatic carbocycles. The third-order valence-electron chi connectivity index (χ3n) is 3.25. The van der Waals surface area contributed by atoms with Crippen LogP contribution < -0.4 is 10.1 Å². The Morgan fingerprint density at radius 2 is 1.90 bits per heavy atom. The van der Waals surface area contributed by atoms with Gasteiger partial charge in [-0.3, -0.25) is 4.98 Å². The van der Waals surface area contributed by atoms with E-state index in [1.54, 1.807) is 18.4 Å². The summed E-state index contributed by atoms with van der Waals surface area (Å²) in [5, 5.41) is 4.70. The van der Waals surface area contributed by atoms with Gasteiger partial charge in [0.25, 0.3) is 0 Å². The van der Waals surface area contributed by atoms with Gasteiger partial charge in [0.15, 0.2) is 0 Å². The quantitative estimate of drug-likeness (QED) is 0.759. The summed E-state index contributed by atoms with van der Waals surface area (Å²) >= 11 is 1.77. The Bertz CT molecular complexity index is 747. The predicted molar refractivity (Wildman–Crippen MR) is 85.4 cm³/mol. The van der Waals surface area contributed by atoms with Crippen LogP contribution in [0.5, 0.6) is 5.75 Å². The summed E-state index contributed by atoms with van der Waals surface area (Å²) < 4.78 is 6.39. The Hall–Kier alpha value is -2.07. The van der Waals surface area contributed by atoms with Crippen molar-refractivity contribution in [3.8, 4) is 5.75 Å². The van der Waals surface area contributed by atoms with Crippen LogP contribution in [0.3, 0.4) is 0 Å². The van der Waals surface area contributed by atoms with E-state index in [0.717, 1.165) is 22.8 Å². The molecular formula is C16H16N2OS. The van der Waals surface area contributed by atoms with Crippen LogP contribution in [0.1, 0.15) is 10.6 Å². The summed E-state index contributed by atoms with van der Waals surface area (Å²) in [5.41, 5.74) is 3.12. The topological polar surface area (TPSA) is 34.1 Å². The van der Waals surface area contributed by atoms with Gasteiger partial charge in [-0.15, -0.1) is 11.3 Å². The van der Waals surface area contributed by atoms with Crippen molar-refractivity contribution in [1.29, 1.82) is 0 Å². The molecule has 102 valence electrons. The largest absolute Gasteiger partial charge is 0.497 e. The van der Waals surface area contributed by atoms with Crippen molar-refractivity contribution in [3.63, 3.8) is 0 Å². The molecule has 0 saturated heterocycles. The molecule has 0 aliphatic heterocycles. The first-order valence-corrected chi connectivity index (χ1v) is 7.26. The van der Waals surface area contributed by atoms with E-state index in [4.69, 9.17) is 4.74 Å². The minimum absolute atomic E-state index is 0.856. The van der Waals surface area contributed by atoms with E-state index >= 15 is 0 Å². The Labute approximate surface area is 122 Å². The minimum atomic E-state index is 0.856. The molecule has 2 aromatic heterocycles. The highest BCUT2D eigenvalue weighted by molar-refractivity contribution is 7.19. The van der Waals surface area contributed by atoms with E-state index in [9.17, 15) is 0 Å². The number of hydrogen-bond acceptors (Lipinski definition) is 4. The maximum atomic E-state index is 5.18. The second-order valence-electron chi connectivity index (χ2n) is 4.71. The van der Waals surface area contributed by atoms with Crippen LogP contribution >= 0.6 is 11.3 Å². The second kappa shape index (κ2) is 5.13. The molecule has 2 heterocycles. The Kier molecular flexibility index (Phi) is 3.32. The molecule has 0 unspecified atom stereocenters. The lowest BCUT2D eigenvalue weighted by molar-refractivity contribution is 0.415. The molecule has 0 atom stereocenters. The average Bonchev–Trinajstić information content (AvgIpc) is 2.84. The maximum absolute atomic E-state index is 5.18. The molecule has 0 bridgehead atoms. The summed E-state index contributed by atoms with van der Waals surface area (Å²) in [5.74, 6) is 0.856. The van der Waals surface area contributed by atoms with Crippen molar-refractivity contribution >= 4 is 32.8 Å². The van der Waals surface area contributed by atoms with E-state index in [0.29, 0.717) is 0 Å². The summed E-state index contributed by atoms with van der Waals surface area (Å²) in [6, 6.07) is 10.1. The van der Waals surface area contributed by atoms with Gasteiger partial charge in [-0.1, -0.05) is 0 Å². The van der Waals surface area contributed by atoms with Crippen molar-refractivity contribution < 1.29 is 4.74 Å². The monoisotopic (exact) mass is 284 g/mol. The zero-order valence-corrected chi connectivity index (χ0v) is 12.5. The van der Waals surface area contributed by atoms with Crippen LogP contribution in [0.2, 0.25) is 0 Å². The Morgan fingerprint density at radius 3 is 2.60 bits per heavy atom. The molecule has 3 aromatic rings. The van der Waals surface area contributed by atoms with Gasteiger partial charge >= 0.3 is 0 Å². The number of thiophene rings is 1. The van der Waals surface area contributed by atoms with Crippen molar-refractivity contribution in [2.75, 3.05) is 12.4 Å². The number of anilines is 2. The number of benzene rings is 1. The summed E-state index contributed by atoms with van der Waals surface area (Å²) in [7, 11) is 1.67.